The summed E-state index contributed by atoms with van der Waals surface area (Å²) in [5.41, 5.74) is 1.59. The maximum atomic E-state index is 10.9. The van der Waals surface area contributed by atoms with E-state index >= 15 is 0 Å². The van der Waals surface area contributed by atoms with E-state index in [2.05, 4.69) is 4.98 Å². The number of hydrogen-bond donors (Lipinski definition) is 2. The van der Waals surface area contributed by atoms with Crippen LogP contribution in [0.4, 0.5) is 0 Å². The van der Waals surface area contributed by atoms with Crippen molar-refractivity contribution in [2.75, 3.05) is 0 Å². The fourth-order valence-corrected chi connectivity index (χ4v) is 2.25. The first-order valence-electron chi connectivity index (χ1n) is 5.63. The lowest BCUT2D eigenvalue weighted by atomic mass is 9.77. The Kier molecular flexibility index (Phi) is 2.38. The minimum absolute atomic E-state index is 0.147. The molecule has 0 aliphatic heterocycles. The highest BCUT2D eigenvalue weighted by Gasteiger charge is 2.34. The molecule has 1 heterocycles. The number of nitrogens with zero attached hydrogens (tertiary/aromatic N) is 1. The summed E-state index contributed by atoms with van der Waals surface area (Å²) in [6.07, 6.45) is 0.675. The van der Waals surface area contributed by atoms with Crippen molar-refractivity contribution < 1.29 is 24.2 Å². The van der Waals surface area contributed by atoms with Crippen LogP contribution in [-0.2, 0) is 6.42 Å². The second kappa shape index (κ2) is 3.94. The number of aromatic carboxylic acids is 2. The van der Waals surface area contributed by atoms with Crippen LogP contribution >= 0.6 is 0 Å². The number of fused-ring (bicyclic) bond motifs is 1. The van der Waals surface area contributed by atoms with Gasteiger partial charge in [0, 0.05) is 0 Å². The van der Waals surface area contributed by atoms with Crippen molar-refractivity contribution in [1.82, 2.24) is 4.98 Å². The molecule has 0 amide bonds. The first-order chi connectivity index (χ1) is 9.08. The average Bonchev–Trinajstić information content (AvgIpc) is 2.75. The number of carboxylic acid groups (broad SMARTS) is 2. The van der Waals surface area contributed by atoms with E-state index in [0.29, 0.717) is 6.42 Å². The summed E-state index contributed by atoms with van der Waals surface area (Å²) < 4.78 is 5.11. The van der Waals surface area contributed by atoms with Gasteiger partial charge in [-0.2, -0.15) is 0 Å². The van der Waals surface area contributed by atoms with Crippen LogP contribution in [0.1, 0.15) is 44.0 Å². The smallest absolute Gasteiger partial charge is 0.374 e. The fraction of sp³-hybridized carbons (Fsp3) is 0.154. The zero-order valence-electron chi connectivity index (χ0n) is 9.66. The number of carboxylic acids is 2. The minimum atomic E-state index is -1.43. The van der Waals surface area contributed by atoms with Crippen molar-refractivity contribution in [3.05, 3.63) is 52.7 Å². The molecule has 1 aromatic heterocycles. The van der Waals surface area contributed by atoms with E-state index in [0.717, 1.165) is 11.1 Å². The largest absolute Gasteiger partial charge is 0.476 e. The van der Waals surface area contributed by atoms with Crippen LogP contribution in [0.25, 0.3) is 0 Å². The van der Waals surface area contributed by atoms with Crippen LogP contribution in [0.3, 0.4) is 0 Å². The molecule has 0 fully saturated rings. The molecule has 0 saturated carbocycles. The zero-order chi connectivity index (χ0) is 13.6. The highest BCUT2D eigenvalue weighted by molar-refractivity contribution is 5.98. The van der Waals surface area contributed by atoms with Crippen LogP contribution in [0.5, 0.6) is 0 Å². The van der Waals surface area contributed by atoms with Crippen molar-refractivity contribution >= 4 is 11.9 Å². The van der Waals surface area contributed by atoms with E-state index in [1.54, 1.807) is 0 Å². The third kappa shape index (κ3) is 1.69. The van der Waals surface area contributed by atoms with Gasteiger partial charge in [-0.25, -0.2) is 14.6 Å². The predicted octanol–water partition coefficient (Wildman–Crippen LogP) is 1.76. The molecule has 2 aromatic rings. The summed E-state index contributed by atoms with van der Waals surface area (Å²) in [5, 5.41) is 17.8. The topological polar surface area (TPSA) is 101 Å². The summed E-state index contributed by atoms with van der Waals surface area (Å²) in [4.78, 5) is 25.7. The van der Waals surface area contributed by atoms with Gasteiger partial charge in [-0.05, 0) is 17.5 Å². The molecule has 6 heteroatoms. The number of hydrogen-bond acceptors (Lipinski definition) is 4. The normalized spacial score (nSPS) is 16.5. The van der Waals surface area contributed by atoms with E-state index in [1.807, 2.05) is 24.3 Å². The molecule has 19 heavy (non-hydrogen) atoms. The molecule has 3 rings (SSSR count). The number of carbonyl (C=O) groups is 2. The van der Waals surface area contributed by atoms with Crippen LogP contribution in [0, 0.1) is 0 Å². The quantitative estimate of drug-likeness (QED) is 0.870. The highest BCUT2D eigenvalue weighted by Crippen LogP contribution is 2.39. The van der Waals surface area contributed by atoms with Gasteiger partial charge in [0.2, 0.25) is 17.3 Å². The van der Waals surface area contributed by atoms with Gasteiger partial charge < -0.3 is 14.6 Å². The number of aromatic nitrogens is 1. The molecule has 96 valence electrons. The van der Waals surface area contributed by atoms with Gasteiger partial charge in [0.15, 0.2) is 0 Å². The summed E-state index contributed by atoms with van der Waals surface area (Å²) in [7, 11) is 0. The van der Waals surface area contributed by atoms with Crippen molar-refractivity contribution in [3.63, 3.8) is 0 Å². The molecule has 1 atom stereocenters. The Labute approximate surface area is 107 Å². The molecule has 0 radical (unpaired) electrons. The van der Waals surface area contributed by atoms with Crippen LogP contribution in [-0.4, -0.2) is 27.1 Å². The summed E-state index contributed by atoms with van der Waals surface area (Å²) in [5.74, 6) is -3.47. The van der Waals surface area contributed by atoms with Gasteiger partial charge in [0.25, 0.3) is 0 Å². The van der Waals surface area contributed by atoms with E-state index in [-0.39, 0.29) is 11.8 Å². The maximum Gasteiger partial charge on any atom is 0.374 e. The SMILES string of the molecule is O=C(O)c1nc(C2Cc3ccccc32)oc1C(=O)O. The van der Waals surface area contributed by atoms with E-state index in [1.165, 1.54) is 0 Å². The molecule has 1 aliphatic rings. The monoisotopic (exact) mass is 259 g/mol. The Morgan fingerprint density at radius 2 is 1.95 bits per heavy atom. The standard InChI is InChI=1S/C13H9NO5/c15-12(16)9-10(13(17)18)19-11(14-9)8-5-6-3-1-2-4-7(6)8/h1-4,8H,5H2,(H,15,16)(H,17,18). The second-order valence-electron chi connectivity index (χ2n) is 4.30. The van der Waals surface area contributed by atoms with Gasteiger partial charge >= 0.3 is 11.9 Å². The van der Waals surface area contributed by atoms with Crippen molar-refractivity contribution in [2.45, 2.75) is 12.3 Å². The molecule has 1 unspecified atom stereocenters. The molecular weight excluding hydrogens is 250 g/mol. The predicted molar refractivity (Wildman–Crippen MR) is 62.4 cm³/mol. The lowest BCUT2D eigenvalue weighted by Gasteiger charge is -2.27. The third-order valence-corrected chi connectivity index (χ3v) is 3.19. The molecule has 0 bridgehead atoms. The Morgan fingerprint density at radius 1 is 1.21 bits per heavy atom. The van der Waals surface area contributed by atoms with Crippen LogP contribution < -0.4 is 0 Å². The van der Waals surface area contributed by atoms with Crippen molar-refractivity contribution in [3.8, 4) is 0 Å². The van der Waals surface area contributed by atoms with Gasteiger partial charge in [-0.15, -0.1) is 0 Å². The number of benzene rings is 1. The van der Waals surface area contributed by atoms with Crippen LogP contribution in [0.15, 0.2) is 28.7 Å². The maximum absolute atomic E-state index is 10.9. The Bertz CT molecular complexity index is 657. The number of oxazole rings is 1. The summed E-state index contributed by atoms with van der Waals surface area (Å²) >= 11 is 0. The van der Waals surface area contributed by atoms with Crippen molar-refractivity contribution in [2.24, 2.45) is 0 Å². The highest BCUT2D eigenvalue weighted by atomic mass is 16.4. The Balaban J connectivity index is 2.02. The van der Waals surface area contributed by atoms with E-state index in [4.69, 9.17) is 14.6 Å². The van der Waals surface area contributed by atoms with Crippen LogP contribution in [0.2, 0.25) is 0 Å². The Hall–Kier alpha value is -2.63. The molecule has 0 spiro atoms. The van der Waals surface area contributed by atoms with E-state index in [9.17, 15) is 9.59 Å². The lowest BCUT2D eigenvalue weighted by molar-refractivity contribution is 0.0622. The molecule has 0 saturated heterocycles. The van der Waals surface area contributed by atoms with Gasteiger partial charge in [0.1, 0.15) is 0 Å². The molecule has 1 aromatic carbocycles. The average molecular weight is 259 g/mol. The van der Waals surface area contributed by atoms with E-state index < -0.39 is 23.4 Å². The molecule has 6 nitrogen and oxygen atoms in total. The third-order valence-electron chi connectivity index (χ3n) is 3.19. The van der Waals surface area contributed by atoms with Crippen molar-refractivity contribution in [1.29, 1.82) is 0 Å². The second-order valence-corrected chi connectivity index (χ2v) is 4.30. The van der Waals surface area contributed by atoms with Gasteiger partial charge in [0.05, 0.1) is 5.92 Å². The molecule has 1 aliphatic carbocycles. The Morgan fingerprint density at radius 3 is 2.53 bits per heavy atom. The first kappa shape index (κ1) is 11.5. The fourth-order valence-electron chi connectivity index (χ4n) is 2.25. The first-order valence-corrected chi connectivity index (χ1v) is 5.63. The molecular formula is C13H9NO5. The number of rotatable bonds is 3. The van der Waals surface area contributed by atoms with Gasteiger partial charge in [-0.1, -0.05) is 24.3 Å². The van der Waals surface area contributed by atoms with Gasteiger partial charge in [-0.3, -0.25) is 0 Å². The zero-order valence-corrected chi connectivity index (χ0v) is 9.66. The summed E-state index contributed by atoms with van der Waals surface area (Å²) in [6.45, 7) is 0. The lowest BCUT2D eigenvalue weighted by Crippen LogP contribution is -2.18. The summed E-state index contributed by atoms with van der Waals surface area (Å²) in [6, 6.07) is 7.64. The molecule has 2 N–H and O–H groups in total. The minimum Gasteiger partial charge on any atom is -0.476 e.